The topological polar surface area (TPSA) is 0 Å². The SMILES string of the molecule is [CH2]CCc1ccccc1C(Cl)(Cl)C(Cl)(Cl)C(Cl)(Cl)C(Cl)(Cl)Cl. The second-order valence-corrected chi connectivity index (χ2v) is 10.7. The Hall–Kier alpha value is 1.83. The van der Waals surface area contributed by atoms with E-state index in [0.717, 1.165) is 5.56 Å². The predicted octanol–water partition coefficient (Wildman–Crippen LogP) is 7.80. The summed E-state index contributed by atoms with van der Waals surface area (Å²) in [6.07, 6.45) is 1.20. The summed E-state index contributed by atoms with van der Waals surface area (Å²) >= 11 is 54.9. The van der Waals surface area contributed by atoms with Gasteiger partial charge in [0.1, 0.15) is 0 Å². The maximum absolute atomic E-state index is 6.42. The van der Waals surface area contributed by atoms with Crippen molar-refractivity contribution in [3.8, 4) is 0 Å². The van der Waals surface area contributed by atoms with Crippen molar-refractivity contribution in [1.82, 2.24) is 0 Å². The highest BCUT2D eigenvalue weighted by atomic mass is 35.6. The van der Waals surface area contributed by atoms with E-state index in [2.05, 4.69) is 6.92 Å². The molecule has 1 rings (SSSR count). The molecule has 0 heterocycles. The quantitative estimate of drug-likeness (QED) is 0.374. The molecular formula is C13H10Cl9. The van der Waals surface area contributed by atoms with E-state index < -0.39 is 16.8 Å². The molecule has 9 heteroatoms. The molecule has 0 saturated carbocycles. The molecule has 0 nitrogen and oxygen atoms in total. The molecule has 0 N–H and O–H groups in total. The first-order chi connectivity index (χ1) is 9.80. The zero-order chi connectivity index (χ0) is 17.4. The number of benzene rings is 1. The van der Waals surface area contributed by atoms with Gasteiger partial charge in [0.15, 0.2) is 8.67 Å². The van der Waals surface area contributed by atoms with Crippen LogP contribution in [-0.4, -0.2) is 12.5 Å². The van der Waals surface area contributed by atoms with Crippen molar-refractivity contribution >= 4 is 104 Å². The molecule has 0 aliphatic carbocycles. The molecule has 0 aliphatic rings. The van der Waals surface area contributed by atoms with Crippen LogP contribution in [0.25, 0.3) is 0 Å². The first kappa shape index (κ1) is 21.9. The summed E-state index contributed by atoms with van der Waals surface area (Å²) in [5, 5.41) is 0. The number of alkyl halides is 9. The molecule has 125 valence electrons. The Bertz CT molecular complexity index is 516. The molecule has 1 radical (unpaired) electrons. The lowest BCUT2D eigenvalue weighted by Gasteiger charge is -2.44. The minimum atomic E-state index is -2.30. The molecular weight excluding hydrogens is 475 g/mol. The van der Waals surface area contributed by atoms with Gasteiger partial charge in [-0.1, -0.05) is 136 Å². The average molecular weight is 485 g/mol. The minimum Gasteiger partial charge on any atom is -0.0943 e. The van der Waals surface area contributed by atoms with E-state index in [9.17, 15) is 0 Å². The van der Waals surface area contributed by atoms with Crippen molar-refractivity contribution in [3.63, 3.8) is 0 Å². The third-order valence-corrected chi connectivity index (χ3v) is 8.39. The Balaban J connectivity index is 3.46. The van der Waals surface area contributed by atoms with Crippen molar-refractivity contribution in [3.05, 3.63) is 42.3 Å². The summed E-state index contributed by atoms with van der Waals surface area (Å²) in [5.41, 5.74) is 1.19. The molecule has 0 fully saturated rings. The lowest BCUT2D eigenvalue weighted by molar-refractivity contribution is 0.596. The van der Waals surface area contributed by atoms with Gasteiger partial charge in [-0.15, -0.1) is 0 Å². The smallest absolute Gasteiger partial charge is 0.0943 e. The van der Waals surface area contributed by atoms with Crippen LogP contribution in [0.2, 0.25) is 0 Å². The Morgan fingerprint density at radius 1 is 0.773 bits per heavy atom. The molecule has 22 heavy (non-hydrogen) atoms. The fourth-order valence-electron chi connectivity index (χ4n) is 1.78. The Kier molecular flexibility index (Phi) is 7.56. The van der Waals surface area contributed by atoms with Gasteiger partial charge in [-0.25, -0.2) is 0 Å². The van der Waals surface area contributed by atoms with E-state index in [1.807, 2.05) is 12.1 Å². The summed E-state index contributed by atoms with van der Waals surface area (Å²) < 4.78 is -8.73. The van der Waals surface area contributed by atoms with E-state index in [1.54, 1.807) is 12.1 Å². The van der Waals surface area contributed by atoms with Crippen LogP contribution >= 0.6 is 104 Å². The van der Waals surface area contributed by atoms with Gasteiger partial charge in [-0.3, -0.25) is 0 Å². The molecule has 0 saturated heterocycles. The van der Waals surface area contributed by atoms with Crippen LogP contribution in [0, 0.1) is 6.92 Å². The van der Waals surface area contributed by atoms with E-state index in [4.69, 9.17) is 104 Å². The predicted molar refractivity (Wildman–Crippen MR) is 103 cm³/mol. The van der Waals surface area contributed by atoms with Crippen LogP contribution < -0.4 is 0 Å². The van der Waals surface area contributed by atoms with Crippen LogP contribution in [0.4, 0.5) is 0 Å². The maximum atomic E-state index is 6.42. The third kappa shape index (κ3) is 3.97. The summed E-state index contributed by atoms with van der Waals surface area (Å²) in [6, 6.07) is 6.98. The van der Waals surface area contributed by atoms with Crippen molar-refractivity contribution < 1.29 is 0 Å². The van der Waals surface area contributed by atoms with Crippen LogP contribution in [0.3, 0.4) is 0 Å². The number of halogens is 9. The number of aryl methyl sites for hydroxylation is 1. The highest BCUT2D eigenvalue weighted by molar-refractivity contribution is 6.80. The summed E-state index contributed by atoms with van der Waals surface area (Å²) in [6.45, 7) is 3.79. The lowest BCUT2D eigenvalue weighted by Crippen LogP contribution is -2.55. The van der Waals surface area contributed by atoms with E-state index in [0.29, 0.717) is 18.4 Å². The molecule has 0 atom stereocenters. The van der Waals surface area contributed by atoms with Crippen LogP contribution in [0.15, 0.2) is 24.3 Å². The van der Waals surface area contributed by atoms with Gasteiger partial charge >= 0.3 is 0 Å². The minimum absolute atomic E-state index is 0.409. The van der Waals surface area contributed by atoms with Gasteiger partial charge < -0.3 is 0 Å². The van der Waals surface area contributed by atoms with E-state index in [-0.39, 0.29) is 0 Å². The Morgan fingerprint density at radius 3 is 1.73 bits per heavy atom. The maximum Gasteiger partial charge on any atom is 0.226 e. The summed E-state index contributed by atoms with van der Waals surface area (Å²) in [4.78, 5) is 0. The van der Waals surface area contributed by atoms with Gasteiger partial charge in [-0.2, -0.15) is 0 Å². The van der Waals surface area contributed by atoms with Crippen molar-refractivity contribution in [2.45, 2.75) is 29.6 Å². The van der Waals surface area contributed by atoms with Crippen molar-refractivity contribution in [1.29, 1.82) is 0 Å². The summed E-state index contributed by atoms with van der Waals surface area (Å²) in [5.74, 6) is 0. The van der Waals surface area contributed by atoms with Crippen molar-refractivity contribution in [2.75, 3.05) is 0 Å². The first-order valence-corrected chi connectivity index (χ1v) is 9.28. The second-order valence-electron chi connectivity index (χ2n) is 4.48. The highest BCUT2D eigenvalue weighted by Gasteiger charge is 2.68. The average Bonchev–Trinajstić information content (AvgIpc) is 2.37. The first-order valence-electron chi connectivity index (χ1n) is 5.88. The molecule has 0 aliphatic heterocycles. The number of hydrogen-bond donors (Lipinski definition) is 0. The largest absolute Gasteiger partial charge is 0.226 e. The Labute approximate surface area is 175 Å². The molecule has 1 aromatic rings. The van der Waals surface area contributed by atoms with Crippen LogP contribution in [-0.2, 0) is 10.8 Å². The third-order valence-electron chi connectivity index (χ3n) is 2.95. The van der Waals surface area contributed by atoms with Crippen LogP contribution in [0.5, 0.6) is 0 Å². The van der Waals surface area contributed by atoms with E-state index >= 15 is 0 Å². The second kappa shape index (κ2) is 7.60. The van der Waals surface area contributed by atoms with E-state index in [1.165, 1.54) is 0 Å². The van der Waals surface area contributed by atoms with Gasteiger partial charge in [0.2, 0.25) is 8.13 Å². The van der Waals surface area contributed by atoms with Gasteiger partial charge in [0.25, 0.3) is 0 Å². The monoisotopic (exact) mass is 481 g/mol. The molecule has 0 unspecified atom stereocenters. The molecule has 0 bridgehead atoms. The fraction of sp³-hybridized carbons (Fsp3) is 0.462. The lowest BCUT2D eigenvalue weighted by atomic mass is 9.97. The van der Waals surface area contributed by atoms with Gasteiger partial charge in [0.05, 0.1) is 0 Å². The standard InChI is InChI=1S/C13H10Cl9/c1-2-5-8-6-3-4-7-9(8)10(14,15)11(16,17)12(18,19)13(20,21)22/h3-4,6-7H,1-2,5H2. The zero-order valence-corrected chi connectivity index (χ0v) is 17.6. The summed E-state index contributed by atoms with van der Waals surface area (Å²) in [7, 11) is 0. The van der Waals surface area contributed by atoms with Crippen molar-refractivity contribution in [2.24, 2.45) is 0 Å². The number of rotatable bonds is 5. The molecule has 0 amide bonds. The normalized spacial score (nSPS) is 14.3. The van der Waals surface area contributed by atoms with Gasteiger partial charge in [0, 0.05) is 0 Å². The van der Waals surface area contributed by atoms with Gasteiger partial charge in [-0.05, 0) is 24.0 Å². The molecule has 0 aromatic heterocycles. The van der Waals surface area contributed by atoms with Crippen LogP contribution in [0.1, 0.15) is 17.5 Å². The number of hydrogen-bond acceptors (Lipinski definition) is 0. The highest BCUT2D eigenvalue weighted by Crippen LogP contribution is 2.65. The fourth-order valence-corrected chi connectivity index (χ4v) is 4.11. The zero-order valence-electron chi connectivity index (χ0n) is 10.8. The molecule has 1 aromatic carbocycles. The Morgan fingerprint density at radius 2 is 1.27 bits per heavy atom. The molecule has 0 spiro atoms.